The number of benzene rings is 3. The predicted molar refractivity (Wildman–Crippen MR) is 129 cm³/mol. The fraction of sp³-hybridized carbons (Fsp3) is 0.259. The van der Waals surface area contributed by atoms with E-state index in [1.807, 2.05) is 66.7 Å². The van der Waals surface area contributed by atoms with Crippen molar-refractivity contribution in [3.05, 3.63) is 83.9 Å². The second-order valence-electron chi connectivity index (χ2n) is 7.92. The van der Waals surface area contributed by atoms with Gasteiger partial charge in [0, 0.05) is 18.5 Å². The number of anilines is 1. The predicted octanol–water partition coefficient (Wildman–Crippen LogP) is 3.75. The van der Waals surface area contributed by atoms with Crippen molar-refractivity contribution in [3.63, 3.8) is 0 Å². The largest absolute Gasteiger partial charge is 0.496 e. The van der Waals surface area contributed by atoms with Gasteiger partial charge in [-0.05, 0) is 36.2 Å². The van der Waals surface area contributed by atoms with Gasteiger partial charge in [0.1, 0.15) is 17.2 Å². The molecule has 0 saturated carbocycles. The number of carbonyl (C=O) groups excluding carboxylic acids is 2. The molecule has 0 fully saturated rings. The number of nitrogens with one attached hydrogen (secondary N) is 1. The maximum Gasteiger partial charge on any atom is 0.263 e. The first-order chi connectivity index (χ1) is 16.6. The van der Waals surface area contributed by atoms with E-state index in [2.05, 4.69) is 5.32 Å². The summed E-state index contributed by atoms with van der Waals surface area (Å²) in [6.45, 7) is 0.530. The molecule has 7 heteroatoms. The minimum Gasteiger partial charge on any atom is -0.496 e. The van der Waals surface area contributed by atoms with Gasteiger partial charge < -0.3 is 24.4 Å². The van der Waals surface area contributed by atoms with Crippen LogP contribution in [0.2, 0.25) is 0 Å². The number of para-hydroxylation sites is 2. The lowest BCUT2D eigenvalue weighted by molar-refractivity contribution is -0.128. The van der Waals surface area contributed by atoms with E-state index in [9.17, 15) is 9.59 Å². The molecule has 1 atom stereocenters. The third-order valence-corrected chi connectivity index (χ3v) is 5.80. The van der Waals surface area contributed by atoms with E-state index >= 15 is 0 Å². The van der Waals surface area contributed by atoms with Crippen LogP contribution in [-0.2, 0) is 22.6 Å². The van der Waals surface area contributed by atoms with Crippen LogP contribution in [0.3, 0.4) is 0 Å². The molecule has 34 heavy (non-hydrogen) atoms. The molecule has 0 bridgehead atoms. The summed E-state index contributed by atoms with van der Waals surface area (Å²) in [5.74, 6) is 1.49. The SMILES string of the molecule is COc1cccc(OC)c1CCC(=O)N1C[C@H](C(=O)NCc2ccccc2)Oc2ccccc21. The van der Waals surface area contributed by atoms with Crippen LogP contribution in [0.15, 0.2) is 72.8 Å². The normalized spacial score (nSPS) is 14.5. The zero-order valence-corrected chi connectivity index (χ0v) is 19.3. The second-order valence-corrected chi connectivity index (χ2v) is 7.92. The minimum absolute atomic E-state index is 0.107. The molecule has 2 amide bonds. The quantitative estimate of drug-likeness (QED) is 0.554. The summed E-state index contributed by atoms with van der Waals surface area (Å²) >= 11 is 0. The van der Waals surface area contributed by atoms with Crippen molar-refractivity contribution in [2.24, 2.45) is 0 Å². The van der Waals surface area contributed by atoms with Crippen molar-refractivity contribution in [3.8, 4) is 17.2 Å². The van der Waals surface area contributed by atoms with Gasteiger partial charge in [-0.3, -0.25) is 9.59 Å². The number of ether oxygens (including phenoxy) is 3. The molecule has 1 aliphatic heterocycles. The third kappa shape index (κ3) is 5.14. The number of amides is 2. The highest BCUT2D eigenvalue weighted by molar-refractivity contribution is 5.97. The fourth-order valence-electron chi connectivity index (χ4n) is 4.05. The first-order valence-electron chi connectivity index (χ1n) is 11.2. The molecule has 1 N–H and O–H groups in total. The summed E-state index contributed by atoms with van der Waals surface area (Å²) < 4.78 is 16.9. The highest BCUT2D eigenvalue weighted by Gasteiger charge is 2.33. The van der Waals surface area contributed by atoms with E-state index in [1.165, 1.54) is 0 Å². The van der Waals surface area contributed by atoms with Crippen LogP contribution in [0.25, 0.3) is 0 Å². The molecule has 0 aromatic heterocycles. The summed E-state index contributed by atoms with van der Waals surface area (Å²) in [7, 11) is 3.19. The van der Waals surface area contributed by atoms with E-state index < -0.39 is 6.10 Å². The summed E-state index contributed by atoms with van der Waals surface area (Å²) in [6, 6.07) is 22.5. The lowest BCUT2D eigenvalue weighted by Gasteiger charge is -2.34. The number of hydrogen-bond donors (Lipinski definition) is 1. The van der Waals surface area contributed by atoms with Gasteiger partial charge in [-0.1, -0.05) is 48.5 Å². The molecule has 1 heterocycles. The number of nitrogens with zero attached hydrogens (tertiary/aromatic N) is 1. The van der Waals surface area contributed by atoms with Crippen molar-refractivity contribution in [2.75, 3.05) is 25.7 Å². The van der Waals surface area contributed by atoms with Crippen molar-refractivity contribution in [2.45, 2.75) is 25.5 Å². The van der Waals surface area contributed by atoms with Crippen molar-refractivity contribution >= 4 is 17.5 Å². The molecule has 0 unspecified atom stereocenters. The van der Waals surface area contributed by atoms with E-state index in [0.29, 0.717) is 35.9 Å². The summed E-state index contributed by atoms with van der Waals surface area (Å²) in [6.07, 6.45) is -0.136. The highest BCUT2D eigenvalue weighted by Crippen LogP contribution is 2.35. The molecule has 4 rings (SSSR count). The smallest absolute Gasteiger partial charge is 0.263 e. The van der Waals surface area contributed by atoms with Crippen LogP contribution in [0, 0.1) is 0 Å². The van der Waals surface area contributed by atoms with Gasteiger partial charge in [0.05, 0.1) is 26.5 Å². The number of methoxy groups -OCH3 is 2. The molecule has 0 spiro atoms. The van der Waals surface area contributed by atoms with Gasteiger partial charge in [0.2, 0.25) is 5.91 Å². The Hall–Kier alpha value is -4.00. The average Bonchev–Trinajstić information content (AvgIpc) is 2.89. The van der Waals surface area contributed by atoms with Crippen LogP contribution in [-0.4, -0.2) is 38.7 Å². The molecule has 176 valence electrons. The first kappa shape index (κ1) is 23.2. The van der Waals surface area contributed by atoms with Gasteiger partial charge in [0.15, 0.2) is 6.10 Å². The Bertz CT molecular complexity index is 1130. The van der Waals surface area contributed by atoms with E-state index in [4.69, 9.17) is 14.2 Å². The highest BCUT2D eigenvalue weighted by atomic mass is 16.5. The fourth-order valence-corrected chi connectivity index (χ4v) is 4.05. The molecular weight excluding hydrogens is 432 g/mol. The van der Waals surface area contributed by atoms with E-state index in [-0.39, 0.29) is 24.8 Å². The molecular formula is C27H28N2O5. The number of fused-ring (bicyclic) bond motifs is 1. The topological polar surface area (TPSA) is 77.1 Å². The molecule has 0 aliphatic carbocycles. The zero-order chi connectivity index (χ0) is 23.9. The Balaban J connectivity index is 1.48. The summed E-state index contributed by atoms with van der Waals surface area (Å²) in [5.41, 5.74) is 2.48. The van der Waals surface area contributed by atoms with Crippen molar-refractivity contribution < 1.29 is 23.8 Å². The van der Waals surface area contributed by atoms with Crippen LogP contribution < -0.4 is 24.4 Å². The van der Waals surface area contributed by atoms with Gasteiger partial charge in [-0.2, -0.15) is 0 Å². The Labute approximate surface area is 199 Å². The van der Waals surface area contributed by atoms with Gasteiger partial charge in [0.25, 0.3) is 5.91 Å². The van der Waals surface area contributed by atoms with Gasteiger partial charge >= 0.3 is 0 Å². The van der Waals surface area contributed by atoms with Gasteiger partial charge in [-0.15, -0.1) is 0 Å². The molecule has 3 aromatic rings. The molecule has 3 aromatic carbocycles. The van der Waals surface area contributed by atoms with E-state index in [0.717, 1.165) is 11.1 Å². The molecule has 7 nitrogen and oxygen atoms in total. The lowest BCUT2D eigenvalue weighted by Crippen LogP contribution is -2.50. The maximum atomic E-state index is 13.3. The maximum absolute atomic E-state index is 13.3. The van der Waals surface area contributed by atoms with Crippen LogP contribution in [0.4, 0.5) is 5.69 Å². The zero-order valence-electron chi connectivity index (χ0n) is 19.3. The van der Waals surface area contributed by atoms with Crippen molar-refractivity contribution in [1.29, 1.82) is 0 Å². The summed E-state index contributed by atoms with van der Waals surface area (Å²) in [4.78, 5) is 27.9. The summed E-state index contributed by atoms with van der Waals surface area (Å²) in [5, 5.41) is 2.91. The van der Waals surface area contributed by atoms with Crippen molar-refractivity contribution in [1.82, 2.24) is 5.32 Å². The Morgan fingerprint density at radius 3 is 2.32 bits per heavy atom. The number of hydrogen-bond acceptors (Lipinski definition) is 5. The Kier molecular flexibility index (Phi) is 7.32. The number of rotatable bonds is 8. The molecule has 0 saturated heterocycles. The average molecular weight is 461 g/mol. The third-order valence-electron chi connectivity index (χ3n) is 5.80. The standard InChI is InChI=1S/C27H28N2O5/c1-32-22-13-8-14-23(33-2)20(22)15-16-26(30)29-18-25(34-24-12-7-6-11-21(24)29)27(31)28-17-19-9-4-3-5-10-19/h3-14,25H,15-18H2,1-2H3,(H,28,31)/t25-/m1/s1. The monoisotopic (exact) mass is 460 g/mol. The van der Waals surface area contributed by atoms with Crippen LogP contribution in [0.1, 0.15) is 17.5 Å². The lowest BCUT2D eigenvalue weighted by atomic mass is 10.1. The first-order valence-corrected chi connectivity index (χ1v) is 11.2. The molecule has 1 aliphatic rings. The number of carbonyl (C=O) groups is 2. The van der Waals surface area contributed by atoms with Crippen LogP contribution >= 0.6 is 0 Å². The van der Waals surface area contributed by atoms with E-state index in [1.54, 1.807) is 25.2 Å². The second kappa shape index (κ2) is 10.7. The Morgan fingerprint density at radius 1 is 0.941 bits per heavy atom. The Morgan fingerprint density at radius 2 is 1.62 bits per heavy atom. The van der Waals surface area contributed by atoms with Crippen LogP contribution in [0.5, 0.6) is 17.2 Å². The van der Waals surface area contributed by atoms with Gasteiger partial charge in [-0.25, -0.2) is 0 Å². The molecule has 0 radical (unpaired) electrons. The minimum atomic E-state index is -0.802.